The Labute approximate surface area is 168 Å². The SMILES string of the molecule is C=C/C=C(\C(C)=C/C)[C@@H](C)OC(=O)Nc1oc(C)nc1-c1ccc(Br)cc1. The van der Waals surface area contributed by atoms with Gasteiger partial charge in [0.1, 0.15) is 11.8 Å². The fraction of sp³-hybridized carbons (Fsp3) is 0.238. The van der Waals surface area contributed by atoms with Crippen molar-refractivity contribution in [3.05, 3.63) is 70.6 Å². The Morgan fingerprint density at radius 3 is 2.63 bits per heavy atom. The molecule has 142 valence electrons. The van der Waals surface area contributed by atoms with E-state index in [2.05, 4.69) is 32.8 Å². The highest BCUT2D eigenvalue weighted by Gasteiger charge is 2.19. The number of hydrogen-bond donors (Lipinski definition) is 1. The van der Waals surface area contributed by atoms with Crippen molar-refractivity contribution in [1.82, 2.24) is 4.98 Å². The van der Waals surface area contributed by atoms with Crippen LogP contribution in [0.5, 0.6) is 0 Å². The van der Waals surface area contributed by atoms with E-state index in [9.17, 15) is 4.79 Å². The Balaban J connectivity index is 2.18. The van der Waals surface area contributed by atoms with E-state index in [1.54, 1.807) is 13.0 Å². The molecular formula is C21H23BrN2O3. The molecule has 1 aromatic heterocycles. The number of oxazole rings is 1. The lowest BCUT2D eigenvalue weighted by molar-refractivity contribution is 0.137. The van der Waals surface area contributed by atoms with E-state index < -0.39 is 12.2 Å². The molecule has 1 amide bonds. The van der Waals surface area contributed by atoms with Crippen LogP contribution in [0.1, 0.15) is 26.7 Å². The van der Waals surface area contributed by atoms with Crippen LogP contribution in [-0.4, -0.2) is 17.2 Å². The van der Waals surface area contributed by atoms with E-state index in [0.717, 1.165) is 21.2 Å². The first-order valence-corrected chi connectivity index (χ1v) is 9.32. The number of ether oxygens (including phenoxy) is 1. The molecule has 0 spiro atoms. The smallest absolute Gasteiger partial charge is 0.414 e. The van der Waals surface area contributed by atoms with E-state index in [1.807, 2.05) is 57.2 Å². The second-order valence-corrected chi connectivity index (χ2v) is 6.84. The normalized spacial score (nSPS) is 13.2. The zero-order chi connectivity index (χ0) is 20.0. The second kappa shape index (κ2) is 9.37. The summed E-state index contributed by atoms with van der Waals surface area (Å²) in [7, 11) is 0. The van der Waals surface area contributed by atoms with Crippen LogP contribution in [0.25, 0.3) is 11.3 Å². The number of anilines is 1. The molecule has 2 aromatic rings. The van der Waals surface area contributed by atoms with Crippen molar-refractivity contribution in [3.63, 3.8) is 0 Å². The fourth-order valence-electron chi connectivity index (χ4n) is 2.54. The Kier molecular flexibility index (Phi) is 7.19. The van der Waals surface area contributed by atoms with E-state index in [4.69, 9.17) is 9.15 Å². The molecule has 2 rings (SSSR count). The standard InChI is InChI=1S/C21H23BrN2O3/c1-6-8-18(13(3)7-2)14(4)26-21(25)24-20-19(23-15(5)27-20)16-9-11-17(22)12-10-16/h6-12,14H,1H2,2-5H3,(H,24,25)/b13-7-,18-8+/t14-/m1/s1. The van der Waals surface area contributed by atoms with Crippen LogP contribution < -0.4 is 5.32 Å². The van der Waals surface area contributed by atoms with Gasteiger partial charge in [-0.15, -0.1) is 0 Å². The molecule has 1 heterocycles. The lowest BCUT2D eigenvalue weighted by Gasteiger charge is -2.17. The van der Waals surface area contributed by atoms with Gasteiger partial charge in [-0.2, -0.15) is 0 Å². The molecule has 0 aliphatic heterocycles. The van der Waals surface area contributed by atoms with Gasteiger partial charge in [-0.25, -0.2) is 9.78 Å². The third-order valence-corrected chi connectivity index (χ3v) is 4.50. The number of nitrogens with zero attached hydrogens (tertiary/aromatic N) is 1. The van der Waals surface area contributed by atoms with E-state index in [1.165, 1.54) is 0 Å². The number of benzene rings is 1. The highest BCUT2D eigenvalue weighted by Crippen LogP contribution is 2.29. The van der Waals surface area contributed by atoms with E-state index in [0.29, 0.717) is 11.6 Å². The quantitative estimate of drug-likeness (QED) is 0.536. The summed E-state index contributed by atoms with van der Waals surface area (Å²) in [4.78, 5) is 16.8. The Morgan fingerprint density at radius 2 is 2.04 bits per heavy atom. The van der Waals surface area contributed by atoms with Crippen LogP contribution in [-0.2, 0) is 4.74 Å². The van der Waals surface area contributed by atoms with Crippen LogP contribution >= 0.6 is 15.9 Å². The monoisotopic (exact) mass is 430 g/mol. The second-order valence-electron chi connectivity index (χ2n) is 5.92. The molecule has 0 saturated carbocycles. The number of allylic oxidation sites excluding steroid dienone is 3. The molecule has 0 radical (unpaired) electrons. The average Bonchev–Trinajstić information content (AvgIpc) is 2.99. The first kappa shape index (κ1) is 20.7. The molecule has 0 aliphatic rings. The van der Waals surface area contributed by atoms with Gasteiger partial charge in [0.15, 0.2) is 5.89 Å². The Bertz CT molecular complexity index is 879. The van der Waals surface area contributed by atoms with Crippen molar-refractivity contribution in [3.8, 4) is 11.3 Å². The van der Waals surface area contributed by atoms with Gasteiger partial charge in [0.25, 0.3) is 0 Å². The molecular weight excluding hydrogens is 408 g/mol. The molecule has 6 heteroatoms. The van der Waals surface area contributed by atoms with Gasteiger partial charge in [0.05, 0.1) is 0 Å². The lowest BCUT2D eigenvalue weighted by Crippen LogP contribution is -2.22. The molecule has 5 nitrogen and oxygen atoms in total. The van der Waals surface area contributed by atoms with Crippen molar-refractivity contribution in [2.24, 2.45) is 0 Å². The first-order valence-electron chi connectivity index (χ1n) is 8.52. The largest absolute Gasteiger partial charge is 0.441 e. The van der Waals surface area contributed by atoms with Crippen LogP contribution in [0.2, 0.25) is 0 Å². The molecule has 0 bridgehead atoms. The summed E-state index contributed by atoms with van der Waals surface area (Å²) in [5, 5.41) is 2.65. The number of hydrogen-bond acceptors (Lipinski definition) is 4. The summed E-state index contributed by atoms with van der Waals surface area (Å²) >= 11 is 3.40. The zero-order valence-electron chi connectivity index (χ0n) is 15.9. The predicted molar refractivity (Wildman–Crippen MR) is 112 cm³/mol. The highest BCUT2D eigenvalue weighted by atomic mass is 79.9. The maximum atomic E-state index is 12.4. The van der Waals surface area contributed by atoms with Crippen molar-refractivity contribution < 1.29 is 13.9 Å². The molecule has 1 N–H and O–H groups in total. The minimum absolute atomic E-state index is 0.254. The van der Waals surface area contributed by atoms with Gasteiger partial charge in [-0.1, -0.05) is 52.9 Å². The zero-order valence-corrected chi connectivity index (χ0v) is 17.5. The van der Waals surface area contributed by atoms with Gasteiger partial charge < -0.3 is 9.15 Å². The number of aryl methyl sites for hydroxylation is 1. The van der Waals surface area contributed by atoms with Gasteiger partial charge in [-0.3, -0.25) is 5.32 Å². The highest BCUT2D eigenvalue weighted by molar-refractivity contribution is 9.10. The molecule has 0 unspecified atom stereocenters. The summed E-state index contributed by atoms with van der Waals surface area (Å²) in [5.41, 5.74) is 3.28. The van der Waals surface area contributed by atoms with Gasteiger partial charge in [0.2, 0.25) is 5.88 Å². The van der Waals surface area contributed by atoms with Crippen molar-refractivity contribution >= 4 is 27.9 Å². The predicted octanol–water partition coefficient (Wildman–Crippen LogP) is 6.43. The maximum Gasteiger partial charge on any atom is 0.414 e. The fourth-order valence-corrected chi connectivity index (χ4v) is 2.81. The van der Waals surface area contributed by atoms with Crippen LogP contribution in [0.15, 0.2) is 69.1 Å². The molecule has 1 aromatic carbocycles. The van der Waals surface area contributed by atoms with Crippen LogP contribution in [0.3, 0.4) is 0 Å². The van der Waals surface area contributed by atoms with E-state index in [-0.39, 0.29) is 5.88 Å². The first-order chi connectivity index (χ1) is 12.8. The Morgan fingerprint density at radius 1 is 1.37 bits per heavy atom. The average molecular weight is 431 g/mol. The maximum absolute atomic E-state index is 12.4. The Hall–Kier alpha value is -2.60. The number of aromatic nitrogens is 1. The summed E-state index contributed by atoms with van der Waals surface area (Å²) in [6, 6.07) is 7.58. The van der Waals surface area contributed by atoms with Crippen molar-refractivity contribution in [2.75, 3.05) is 5.32 Å². The third-order valence-electron chi connectivity index (χ3n) is 3.97. The molecule has 0 aliphatic carbocycles. The third kappa shape index (κ3) is 5.44. The van der Waals surface area contributed by atoms with Gasteiger partial charge >= 0.3 is 6.09 Å². The summed E-state index contributed by atoms with van der Waals surface area (Å²) in [6.07, 6.45) is 4.40. The number of amides is 1. The van der Waals surface area contributed by atoms with Crippen molar-refractivity contribution in [2.45, 2.75) is 33.8 Å². The number of halogens is 1. The van der Waals surface area contributed by atoms with Gasteiger partial charge in [0, 0.05) is 17.0 Å². The minimum Gasteiger partial charge on any atom is -0.441 e. The number of carbonyl (C=O) groups is 1. The van der Waals surface area contributed by atoms with E-state index >= 15 is 0 Å². The summed E-state index contributed by atoms with van der Waals surface area (Å²) in [6.45, 7) is 11.1. The number of carbonyl (C=O) groups excluding carboxylic acids is 1. The number of rotatable bonds is 6. The number of nitrogens with one attached hydrogen (secondary N) is 1. The summed E-state index contributed by atoms with van der Waals surface area (Å²) < 4.78 is 12.0. The minimum atomic E-state index is -0.615. The molecule has 1 atom stereocenters. The van der Waals surface area contributed by atoms with Crippen LogP contribution in [0, 0.1) is 6.92 Å². The van der Waals surface area contributed by atoms with Gasteiger partial charge in [-0.05, 0) is 44.1 Å². The molecule has 0 fully saturated rings. The van der Waals surface area contributed by atoms with Crippen LogP contribution in [0.4, 0.5) is 10.7 Å². The lowest BCUT2D eigenvalue weighted by atomic mass is 10.0. The van der Waals surface area contributed by atoms with Crippen molar-refractivity contribution in [1.29, 1.82) is 0 Å². The molecule has 0 saturated heterocycles. The summed E-state index contributed by atoms with van der Waals surface area (Å²) in [5.74, 6) is 0.706. The molecule has 27 heavy (non-hydrogen) atoms. The topological polar surface area (TPSA) is 64.4 Å².